The fourth-order valence-electron chi connectivity index (χ4n) is 3.06. The first-order valence-corrected chi connectivity index (χ1v) is 8.47. The van der Waals surface area contributed by atoms with Gasteiger partial charge in [-0.3, -0.25) is 9.38 Å². The maximum Gasteiger partial charge on any atom is 0.170 e. The Morgan fingerprint density at radius 1 is 1.19 bits per heavy atom. The standard InChI is InChI=1S/C20H18FN5O/c1-13-8-14(10-22-9-13)15-6-7-19(26-12-24-25-20(15)26)23-11-16-17(21)4-3-5-18(16)27-2/h3-10,12,23H,11H2,1-2H3. The summed E-state index contributed by atoms with van der Waals surface area (Å²) in [6.45, 7) is 2.27. The number of pyridine rings is 2. The lowest BCUT2D eigenvalue weighted by atomic mass is 10.1. The van der Waals surface area contributed by atoms with Crippen molar-refractivity contribution >= 4 is 11.5 Å². The van der Waals surface area contributed by atoms with Crippen molar-refractivity contribution in [1.29, 1.82) is 0 Å². The summed E-state index contributed by atoms with van der Waals surface area (Å²) in [4.78, 5) is 4.25. The summed E-state index contributed by atoms with van der Waals surface area (Å²) in [6.07, 6.45) is 5.24. The van der Waals surface area contributed by atoms with Gasteiger partial charge in [0.2, 0.25) is 0 Å². The van der Waals surface area contributed by atoms with Crippen LogP contribution in [0.25, 0.3) is 16.8 Å². The zero-order chi connectivity index (χ0) is 18.8. The number of benzene rings is 1. The molecule has 1 aromatic carbocycles. The number of rotatable bonds is 5. The van der Waals surface area contributed by atoms with Crippen LogP contribution in [0.4, 0.5) is 10.2 Å². The maximum atomic E-state index is 14.2. The molecule has 3 aromatic heterocycles. The van der Waals surface area contributed by atoms with Crippen LogP contribution in [0, 0.1) is 12.7 Å². The molecule has 0 saturated heterocycles. The van der Waals surface area contributed by atoms with E-state index in [0.29, 0.717) is 17.0 Å². The average Bonchev–Trinajstić information content (AvgIpc) is 3.16. The predicted molar refractivity (Wildman–Crippen MR) is 101 cm³/mol. The van der Waals surface area contributed by atoms with E-state index in [0.717, 1.165) is 22.5 Å². The van der Waals surface area contributed by atoms with Crippen molar-refractivity contribution in [1.82, 2.24) is 19.6 Å². The molecule has 3 heterocycles. The topological polar surface area (TPSA) is 64.3 Å². The van der Waals surface area contributed by atoms with Gasteiger partial charge in [-0.25, -0.2) is 4.39 Å². The summed E-state index contributed by atoms with van der Waals surface area (Å²) in [5, 5.41) is 11.5. The summed E-state index contributed by atoms with van der Waals surface area (Å²) in [5.74, 6) is 0.943. The molecule has 0 saturated carbocycles. The molecule has 0 atom stereocenters. The van der Waals surface area contributed by atoms with E-state index < -0.39 is 0 Å². The highest BCUT2D eigenvalue weighted by Gasteiger charge is 2.13. The van der Waals surface area contributed by atoms with Gasteiger partial charge in [-0.05, 0) is 42.8 Å². The second-order valence-electron chi connectivity index (χ2n) is 6.18. The van der Waals surface area contributed by atoms with E-state index >= 15 is 0 Å². The summed E-state index contributed by atoms with van der Waals surface area (Å²) in [6, 6.07) is 10.7. The molecule has 136 valence electrons. The molecule has 7 heteroatoms. The van der Waals surface area contributed by atoms with E-state index in [1.165, 1.54) is 13.2 Å². The molecule has 0 aliphatic carbocycles. The van der Waals surface area contributed by atoms with Crippen LogP contribution in [-0.4, -0.2) is 26.7 Å². The summed E-state index contributed by atoms with van der Waals surface area (Å²) >= 11 is 0. The van der Waals surface area contributed by atoms with Gasteiger partial charge >= 0.3 is 0 Å². The lowest BCUT2D eigenvalue weighted by Crippen LogP contribution is -2.07. The first-order valence-electron chi connectivity index (χ1n) is 8.47. The molecule has 4 rings (SSSR count). The van der Waals surface area contributed by atoms with Gasteiger partial charge in [0, 0.05) is 35.6 Å². The number of anilines is 1. The number of fused-ring (bicyclic) bond motifs is 1. The van der Waals surface area contributed by atoms with Crippen LogP contribution in [0.2, 0.25) is 0 Å². The minimum absolute atomic E-state index is 0.272. The largest absolute Gasteiger partial charge is 0.496 e. The van der Waals surface area contributed by atoms with Crippen molar-refractivity contribution in [2.24, 2.45) is 0 Å². The molecule has 0 spiro atoms. The number of methoxy groups -OCH3 is 1. The highest BCUT2D eigenvalue weighted by molar-refractivity contribution is 5.78. The Labute approximate surface area is 155 Å². The minimum Gasteiger partial charge on any atom is -0.496 e. The molecular formula is C20H18FN5O. The van der Waals surface area contributed by atoms with Gasteiger partial charge in [-0.1, -0.05) is 6.07 Å². The van der Waals surface area contributed by atoms with Gasteiger partial charge < -0.3 is 10.1 Å². The first-order chi connectivity index (χ1) is 13.2. The summed E-state index contributed by atoms with van der Waals surface area (Å²) in [7, 11) is 1.53. The summed E-state index contributed by atoms with van der Waals surface area (Å²) in [5.41, 5.74) is 4.13. The third-order valence-corrected chi connectivity index (χ3v) is 4.38. The molecular weight excluding hydrogens is 345 g/mol. The molecule has 6 nitrogen and oxygen atoms in total. The SMILES string of the molecule is COc1cccc(F)c1CNc1ccc(-c2cncc(C)c2)c2nncn12. The van der Waals surface area contributed by atoms with Crippen LogP contribution in [-0.2, 0) is 6.54 Å². The number of halogens is 1. The van der Waals surface area contributed by atoms with E-state index in [-0.39, 0.29) is 12.4 Å². The highest BCUT2D eigenvalue weighted by atomic mass is 19.1. The monoisotopic (exact) mass is 363 g/mol. The van der Waals surface area contributed by atoms with Gasteiger partial charge in [-0.15, -0.1) is 10.2 Å². The van der Waals surface area contributed by atoms with E-state index in [2.05, 4.69) is 20.5 Å². The molecule has 0 aliphatic rings. The quantitative estimate of drug-likeness (QED) is 0.583. The van der Waals surface area contributed by atoms with Gasteiger partial charge in [0.05, 0.1) is 7.11 Å². The lowest BCUT2D eigenvalue weighted by molar-refractivity contribution is 0.405. The molecule has 27 heavy (non-hydrogen) atoms. The second-order valence-corrected chi connectivity index (χ2v) is 6.18. The fourth-order valence-corrected chi connectivity index (χ4v) is 3.06. The number of aryl methyl sites for hydroxylation is 1. The van der Waals surface area contributed by atoms with Crippen LogP contribution < -0.4 is 10.1 Å². The normalized spacial score (nSPS) is 10.9. The van der Waals surface area contributed by atoms with E-state index in [1.807, 2.05) is 35.7 Å². The Morgan fingerprint density at radius 2 is 2.07 bits per heavy atom. The zero-order valence-corrected chi connectivity index (χ0v) is 15.0. The smallest absolute Gasteiger partial charge is 0.170 e. The Bertz CT molecular complexity index is 1110. The van der Waals surface area contributed by atoms with Crippen molar-refractivity contribution in [3.05, 3.63) is 72.1 Å². The Morgan fingerprint density at radius 3 is 2.89 bits per heavy atom. The number of nitrogens with zero attached hydrogens (tertiary/aromatic N) is 4. The number of nitrogens with one attached hydrogen (secondary N) is 1. The van der Waals surface area contributed by atoms with Gasteiger partial charge in [0.1, 0.15) is 23.7 Å². The summed E-state index contributed by atoms with van der Waals surface area (Å²) < 4.78 is 21.3. The van der Waals surface area contributed by atoms with Crippen molar-refractivity contribution < 1.29 is 9.13 Å². The fraction of sp³-hybridized carbons (Fsp3) is 0.150. The highest BCUT2D eigenvalue weighted by Crippen LogP contribution is 2.27. The van der Waals surface area contributed by atoms with E-state index in [9.17, 15) is 4.39 Å². The lowest BCUT2D eigenvalue weighted by Gasteiger charge is -2.13. The van der Waals surface area contributed by atoms with Crippen LogP contribution in [0.15, 0.2) is 55.1 Å². The maximum absolute atomic E-state index is 14.2. The molecule has 0 aliphatic heterocycles. The van der Waals surface area contributed by atoms with E-state index in [4.69, 9.17) is 4.74 Å². The predicted octanol–water partition coefficient (Wildman–Crippen LogP) is 3.86. The van der Waals surface area contributed by atoms with Gasteiger partial charge in [0.25, 0.3) is 0 Å². The molecule has 0 radical (unpaired) electrons. The Kier molecular flexibility index (Phi) is 4.42. The number of hydrogen-bond acceptors (Lipinski definition) is 5. The first kappa shape index (κ1) is 17.0. The molecule has 4 aromatic rings. The van der Waals surface area contributed by atoms with Crippen LogP contribution >= 0.6 is 0 Å². The third-order valence-electron chi connectivity index (χ3n) is 4.38. The average molecular weight is 363 g/mol. The van der Waals surface area contributed by atoms with Crippen molar-refractivity contribution in [3.8, 4) is 16.9 Å². The second kappa shape index (κ2) is 7.03. The van der Waals surface area contributed by atoms with Gasteiger partial charge in [-0.2, -0.15) is 0 Å². The number of aromatic nitrogens is 4. The van der Waals surface area contributed by atoms with Crippen molar-refractivity contribution in [2.75, 3.05) is 12.4 Å². The Balaban J connectivity index is 1.69. The zero-order valence-electron chi connectivity index (χ0n) is 15.0. The molecule has 0 amide bonds. The molecule has 0 unspecified atom stereocenters. The molecule has 0 bridgehead atoms. The van der Waals surface area contributed by atoms with Crippen molar-refractivity contribution in [3.63, 3.8) is 0 Å². The van der Waals surface area contributed by atoms with Crippen LogP contribution in [0.1, 0.15) is 11.1 Å². The van der Waals surface area contributed by atoms with E-state index in [1.54, 1.807) is 24.7 Å². The minimum atomic E-state index is -0.315. The molecule has 0 fully saturated rings. The molecule has 1 N–H and O–H groups in total. The Hall–Kier alpha value is -3.48. The van der Waals surface area contributed by atoms with Crippen molar-refractivity contribution in [2.45, 2.75) is 13.5 Å². The van der Waals surface area contributed by atoms with Gasteiger partial charge in [0.15, 0.2) is 5.65 Å². The third kappa shape index (κ3) is 3.19. The van der Waals surface area contributed by atoms with Crippen LogP contribution in [0.3, 0.4) is 0 Å². The number of ether oxygens (including phenoxy) is 1. The van der Waals surface area contributed by atoms with Crippen LogP contribution in [0.5, 0.6) is 5.75 Å². The number of hydrogen-bond donors (Lipinski definition) is 1.